The van der Waals surface area contributed by atoms with E-state index in [0.717, 1.165) is 48.3 Å². The molecule has 0 unspecified atom stereocenters. The van der Waals surface area contributed by atoms with Crippen molar-refractivity contribution in [3.8, 4) is 5.75 Å². The summed E-state index contributed by atoms with van der Waals surface area (Å²) < 4.78 is 0. The number of phenolic OH excluding ortho intramolecular Hbond substituents is 1. The number of hydrogen-bond acceptors (Lipinski definition) is 5. The molecule has 3 aromatic rings. The van der Waals surface area contributed by atoms with Gasteiger partial charge in [0.05, 0.1) is 5.60 Å². The van der Waals surface area contributed by atoms with Crippen LogP contribution in [0.15, 0.2) is 59.4 Å². The van der Waals surface area contributed by atoms with Crippen LogP contribution in [0.25, 0.3) is 0 Å². The fourth-order valence-electron chi connectivity index (χ4n) is 7.43. The van der Waals surface area contributed by atoms with Gasteiger partial charge in [-0.15, -0.1) is 0 Å². The lowest BCUT2D eigenvalue weighted by molar-refractivity contribution is -0.152. The molecule has 0 spiro atoms. The molecule has 2 aromatic carbocycles. The van der Waals surface area contributed by atoms with Crippen molar-refractivity contribution in [2.45, 2.75) is 62.1 Å². The number of benzene rings is 2. The van der Waals surface area contributed by atoms with Crippen LogP contribution in [0.3, 0.4) is 0 Å². The molecule has 1 amide bonds. The number of H-pyrrole nitrogens is 1. The molecule has 7 rings (SSSR count). The van der Waals surface area contributed by atoms with Gasteiger partial charge in [-0.05, 0) is 78.6 Å². The van der Waals surface area contributed by atoms with Crippen LogP contribution in [0, 0.1) is 5.92 Å². The van der Waals surface area contributed by atoms with Gasteiger partial charge in [0.2, 0.25) is 0 Å². The highest BCUT2D eigenvalue weighted by Gasteiger charge is 2.64. The second-order valence-electron chi connectivity index (χ2n) is 11.8. The van der Waals surface area contributed by atoms with E-state index < -0.39 is 22.5 Å². The number of hydrogen-bond donors (Lipinski definition) is 4. The molecule has 2 heterocycles. The van der Waals surface area contributed by atoms with Gasteiger partial charge >= 0.3 is 0 Å². The molecule has 2 fully saturated rings. The number of rotatable bonds is 5. The monoisotopic (exact) mass is 511 g/mol. The van der Waals surface area contributed by atoms with Crippen molar-refractivity contribution in [1.29, 1.82) is 0 Å². The predicted octanol–water partition coefficient (Wildman–Crippen LogP) is 2.82. The van der Waals surface area contributed by atoms with E-state index in [4.69, 9.17) is 0 Å². The highest BCUT2D eigenvalue weighted by Crippen LogP contribution is 2.57. The zero-order chi connectivity index (χ0) is 26.1. The summed E-state index contributed by atoms with van der Waals surface area (Å²) in [7, 11) is 0. The Hall–Kier alpha value is -3.42. The number of aliphatic hydroxyl groups is 1. The summed E-state index contributed by atoms with van der Waals surface area (Å²) in [4.78, 5) is 31.6. The van der Waals surface area contributed by atoms with E-state index in [1.807, 2.05) is 42.5 Å². The Morgan fingerprint density at radius 1 is 1.08 bits per heavy atom. The second kappa shape index (κ2) is 8.55. The first-order valence-electron chi connectivity index (χ1n) is 13.7. The van der Waals surface area contributed by atoms with Crippen LogP contribution in [-0.4, -0.2) is 50.7 Å². The number of aromatic nitrogens is 1. The average Bonchev–Trinajstić information content (AvgIpc) is 3.73. The van der Waals surface area contributed by atoms with Crippen LogP contribution in [0.2, 0.25) is 0 Å². The third-order valence-corrected chi connectivity index (χ3v) is 9.55. The summed E-state index contributed by atoms with van der Waals surface area (Å²) in [5.41, 5.74) is 2.73. The smallest absolute Gasteiger partial charge is 0.261 e. The number of nitrogens with zero attached hydrogens (tertiary/aromatic N) is 1. The normalized spacial score (nSPS) is 27.7. The number of carbonyl (C=O) groups is 1. The van der Waals surface area contributed by atoms with Crippen molar-refractivity contribution in [2.24, 2.45) is 5.92 Å². The van der Waals surface area contributed by atoms with Gasteiger partial charge in [-0.1, -0.05) is 36.4 Å². The van der Waals surface area contributed by atoms with Gasteiger partial charge in [0.1, 0.15) is 11.3 Å². The standard InChI is InChI=1S/C31H33N3O4/c35-23-9-8-21-13-27-31(38)15-22-12-24(28(36)32-17-19-4-2-1-3-5-19)29(37)33-26(22)16-30(31,25(21)14-23)10-11-34(27)18-20-6-7-20/h1-5,8-9,12,14,20,27,35,38H,6-7,10-11,13,15-18H2,(H,32,36)(H,33,37)/t27-,30-,31-/m1/s1. The molecule has 3 aliphatic carbocycles. The molecule has 0 radical (unpaired) electrons. The summed E-state index contributed by atoms with van der Waals surface area (Å²) in [6.45, 7) is 2.22. The lowest BCUT2D eigenvalue weighted by Crippen LogP contribution is -2.74. The minimum atomic E-state index is -1.07. The molecule has 7 nitrogen and oxygen atoms in total. The summed E-state index contributed by atoms with van der Waals surface area (Å²) in [6, 6.07) is 16.8. The topological polar surface area (TPSA) is 106 Å². The van der Waals surface area contributed by atoms with E-state index in [0.29, 0.717) is 25.3 Å². The third kappa shape index (κ3) is 3.63. The van der Waals surface area contributed by atoms with E-state index in [2.05, 4.69) is 15.2 Å². The van der Waals surface area contributed by atoms with Crippen molar-refractivity contribution in [3.05, 3.63) is 98.5 Å². The lowest BCUT2D eigenvalue weighted by atomic mass is 9.49. The summed E-state index contributed by atoms with van der Waals surface area (Å²) in [6.07, 6.45) is 4.82. The molecule has 4 aliphatic rings. The molecule has 38 heavy (non-hydrogen) atoms. The second-order valence-corrected chi connectivity index (χ2v) is 11.8. The maximum atomic E-state index is 13.1. The molecule has 196 valence electrons. The van der Waals surface area contributed by atoms with Gasteiger partial charge in [-0.25, -0.2) is 0 Å². The molecule has 2 bridgehead atoms. The van der Waals surface area contributed by atoms with Gasteiger partial charge in [0.15, 0.2) is 0 Å². The Morgan fingerprint density at radius 3 is 2.68 bits per heavy atom. The molecule has 1 saturated carbocycles. The van der Waals surface area contributed by atoms with E-state index in [1.54, 1.807) is 12.1 Å². The van der Waals surface area contributed by atoms with Gasteiger partial charge in [0, 0.05) is 43.1 Å². The summed E-state index contributed by atoms with van der Waals surface area (Å²) >= 11 is 0. The number of aromatic amines is 1. The zero-order valence-corrected chi connectivity index (χ0v) is 21.4. The van der Waals surface area contributed by atoms with Crippen molar-refractivity contribution in [2.75, 3.05) is 13.1 Å². The van der Waals surface area contributed by atoms with Gasteiger partial charge in [-0.3, -0.25) is 14.5 Å². The maximum absolute atomic E-state index is 13.1. The van der Waals surface area contributed by atoms with Crippen molar-refractivity contribution >= 4 is 5.91 Å². The van der Waals surface area contributed by atoms with Gasteiger partial charge in [0.25, 0.3) is 11.5 Å². The molecule has 1 saturated heterocycles. The summed E-state index contributed by atoms with van der Waals surface area (Å²) in [5.74, 6) is 0.489. The van der Waals surface area contributed by atoms with E-state index in [1.165, 1.54) is 18.4 Å². The van der Waals surface area contributed by atoms with Crippen LogP contribution in [-0.2, 0) is 31.2 Å². The number of piperidine rings is 1. The number of phenols is 1. The number of nitrogens with one attached hydrogen (secondary N) is 2. The van der Waals surface area contributed by atoms with Crippen LogP contribution < -0.4 is 10.9 Å². The molecule has 3 atom stereocenters. The molecule has 7 heteroatoms. The molecule has 4 N–H and O–H groups in total. The van der Waals surface area contributed by atoms with Gasteiger partial charge < -0.3 is 20.5 Å². The van der Waals surface area contributed by atoms with Crippen molar-refractivity contribution < 1.29 is 15.0 Å². The Kier molecular flexibility index (Phi) is 5.33. The van der Waals surface area contributed by atoms with Crippen molar-refractivity contribution in [3.63, 3.8) is 0 Å². The van der Waals surface area contributed by atoms with Gasteiger partial charge in [-0.2, -0.15) is 0 Å². The quantitative estimate of drug-likeness (QED) is 0.422. The van der Waals surface area contributed by atoms with Crippen LogP contribution >= 0.6 is 0 Å². The predicted molar refractivity (Wildman–Crippen MR) is 143 cm³/mol. The first-order valence-corrected chi connectivity index (χ1v) is 13.7. The molecular weight excluding hydrogens is 478 g/mol. The number of fused-ring (bicyclic) bond motifs is 2. The minimum Gasteiger partial charge on any atom is -0.508 e. The van der Waals surface area contributed by atoms with Crippen LogP contribution in [0.4, 0.5) is 0 Å². The zero-order valence-electron chi connectivity index (χ0n) is 21.4. The first-order chi connectivity index (χ1) is 18.4. The number of amides is 1. The van der Waals surface area contributed by atoms with E-state index >= 15 is 0 Å². The third-order valence-electron chi connectivity index (χ3n) is 9.55. The largest absolute Gasteiger partial charge is 0.508 e. The highest BCUT2D eigenvalue weighted by molar-refractivity contribution is 5.94. The van der Waals surface area contributed by atoms with Crippen molar-refractivity contribution in [1.82, 2.24) is 15.2 Å². The summed E-state index contributed by atoms with van der Waals surface area (Å²) in [5, 5.41) is 26.0. The molecule has 1 aliphatic heterocycles. The van der Waals surface area contributed by atoms with E-state index in [9.17, 15) is 19.8 Å². The fraction of sp³-hybridized carbons (Fsp3) is 0.419. The lowest BCUT2D eigenvalue weighted by Gasteiger charge is -2.63. The molecular formula is C31H33N3O4. The highest BCUT2D eigenvalue weighted by atomic mass is 16.3. The Bertz CT molecular complexity index is 1480. The number of likely N-dealkylation sites (tertiary alicyclic amines) is 1. The fourth-order valence-corrected chi connectivity index (χ4v) is 7.43. The van der Waals surface area contributed by atoms with Crippen LogP contribution in [0.1, 0.15) is 57.6 Å². The number of carbonyl (C=O) groups excluding carboxylic acids is 1. The number of aromatic hydroxyl groups is 1. The minimum absolute atomic E-state index is 0.0515. The maximum Gasteiger partial charge on any atom is 0.261 e. The van der Waals surface area contributed by atoms with Crippen LogP contribution in [0.5, 0.6) is 5.75 Å². The SMILES string of the molecule is O=C(NCc1ccccc1)c1cc2c([nH]c1=O)C[C@]13CCN(CC4CC4)[C@H](Cc4ccc(O)cc41)[C@]3(O)C2. The molecule has 1 aromatic heterocycles. The first kappa shape index (κ1) is 23.7. The number of pyridine rings is 1. The van der Waals surface area contributed by atoms with E-state index in [-0.39, 0.29) is 17.4 Å². The Balaban J connectivity index is 1.27. The average molecular weight is 512 g/mol. The Labute approximate surface area is 221 Å². The Morgan fingerprint density at radius 2 is 1.89 bits per heavy atom.